The highest BCUT2D eigenvalue weighted by Gasteiger charge is 2.66. The highest BCUT2D eigenvalue weighted by molar-refractivity contribution is 7.52. The molecule has 0 aliphatic carbocycles. The first kappa shape index (κ1) is 29.3. The van der Waals surface area contributed by atoms with Crippen molar-refractivity contribution < 1.29 is 42.5 Å². The van der Waals surface area contributed by atoms with Crippen molar-refractivity contribution in [1.82, 2.24) is 19.7 Å². The summed E-state index contributed by atoms with van der Waals surface area (Å²) in [5.41, 5.74) is 3.42. The molecule has 6 atom stereocenters. The monoisotopic (exact) mass is 578 g/mol. The van der Waals surface area contributed by atoms with E-state index in [-0.39, 0.29) is 22.8 Å². The summed E-state index contributed by atoms with van der Waals surface area (Å²) in [5, 5.41) is 37.9. The Labute approximate surface area is 228 Å². The van der Waals surface area contributed by atoms with Crippen molar-refractivity contribution in [2.75, 3.05) is 12.3 Å². The first-order valence-electron chi connectivity index (χ1n) is 12.1. The van der Waals surface area contributed by atoms with Gasteiger partial charge in [0.15, 0.2) is 5.82 Å². The van der Waals surface area contributed by atoms with Crippen LogP contribution in [0.2, 0.25) is 0 Å². The van der Waals surface area contributed by atoms with Gasteiger partial charge in [0, 0.05) is 0 Å². The molecule has 0 bridgehead atoms. The fourth-order valence-electron chi connectivity index (χ4n) is 4.05. The maximum absolute atomic E-state index is 16.2. The summed E-state index contributed by atoms with van der Waals surface area (Å²) in [6.07, 6.45) is -3.91. The number of para-hydroxylation sites is 1. The van der Waals surface area contributed by atoms with Gasteiger partial charge in [-0.2, -0.15) is 15.4 Å². The number of fused-ring (bicyclic) bond motifs is 1. The highest BCUT2D eigenvalue weighted by atomic mass is 31.2. The molecule has 14 nitrogen and oxygen atoms in total. The number of hydrogen-bond acceptors (Lipinski definition) is 12. The SMILES string of the molecule is CC(C)OC(=O)[C@@H](C)NP(=O)(OC[C@@]1(F)O[C@@](C#N)(c2ccc3c(N)ncnn23)[C@H](O)[C@@H]1O)Oc1ccccc1. The predicted octanol–water partition coefficient (Wildman–Crippen LogP) is 1.58. The number of halogens is 1. The van der Waals surface area contributed by atoms with Crippen molar-refractivity contribution >= 4 is 25.1 Å². The second-order valence-corrected chi connectivity index (χ2v) is 11.0. The summed E-state index contributed by atoms with van der Waals surface area (Å²) in [7, 11) is -4.58. The predicted molar refractivity (Wildman–Crippen MR) is 136 cm³/mol. The number of carbonyl (C=O) groups is 1. The van der Waals surface area contributed by atoms with Crippen LogP contribution in [0.15, 0.2) is 48.8 Å². The quantitative estimate of drug-likeness (QED) is 0.200. The van der Waals surface area contributed by atoms with Crippen LogP contribution in [0.3, 0.4) is 0 Å². The summed E-state index contributed by atoms with van der Waals surface area (Å²) in [6, 6.07) is 10.9. The van der Waals surface area contributed by atoms with E-state index in [1.807, 2.05) is 0 Å². The molecule has 1 aromatic carbocycles. The van der Waals surface area contributed by atoms with Crippen LogP contribution in [0.25, 0.3) is 5.52 Å². The Hall–Kier alpha value is -3.64. The summed E-state index contributed by atoms with van der Waals surface area (Å²) in [5.74, 6) is -3.99. The first-order chi connectivity index (χ1) is 18.8. The largest absolute Gasteiger partial charge is 0.462 e. The number of rotatable bonds is 10. The van der Waals surface area contributed by atoms with E-state index in [0.717, 1.165) is 10.8 Å². The van der Waals surface area contributed by atoms with Crippen LogP contribution < -0.4 is 15.3 Å². The molecule has 40 heavy (non-hydrogen) atoms. The molecule has 0 saturated carbocycles. The maximum Gasteiger partial charge on any atom is 0.459 e. The molecule has 2 aromatic heterocycles. The number of aliphatic hydroxyl groups is 2. The molecule has 1 unspecified atom stereocenters. The molecular formula is C24H28FN6O8P. The maximum atomic E-state index is 16.2. The molecule has 1 fully saturated rings. The lowest BCUT2D eigenvalue weighted by atomic mass is 9.92. The van der Waals surface area contributed by atoms with Crippen molar-refractivity contribution in [3.05, 3.63) is 54.5 Å². The number of nitrogen functional groups attached to an aromatic ring is 1. The van der Waals surface area contributed by atoms with Crippen molar-refractivity contribution in [2.45, 2.75) is 56.6 Å². The van der Waals surface area contributed by atoms with Crippen LogP contribution in [0.4, 0.5) is 10.2 Å². The molecule has 0 amide bonds. The molecule has 3 heterocycles. The van der Waals surface area contributed by atoms with Gasteiger partial charge >= 0.3 is 13.7 Å². The van der Waals surface area contributed by atoms with Crippen molar-refractivity contribution in [1.29, 1.82) is 5.26 Å². The summed E-state index contributed by atoms with van der Waals surface area (Å²) in [6.45, 7) is 3.28. The Morgan fingerprint density at radius 3 is 2.62 bits per heavy atom. The zero-order valence-electron chi connectivity index (χ0n) is 21.7. The van der Waals surface area contributed by atoms with Gasteiger partial charge < -0.3 is 29.9 Å². The van der Waals surface area contributed by atoms with E-state index in [1.165, 1.54) is 31.2 Å². The van der Waals surface area contributed by atoms with Crippen LogP contribution >= 0.6 is 7.75 Å². The van der Waals surface area contributed by atoms with E-state index in [4.69, 9.17) is 24.3 Å². The van der Waals surface area contributed by atoms with Gasteiger partial charge in [-0.25, -0.2) is 18.5 Å². The highest BCUT2D eigenvalue weighted by Crippen LogP contribution is 2.50. The molecule has 16 heteroatoms. The number of hydrogen-bond donors (Lipinski definition) is 4. The average Bonchev–Trinajstić information content (AvgIpc) is 3.43. The molecule has 1 saturated heterocycles. The normalized spacial score (nSPS) is 26.8. The number of carbonyl (C=O) groups excluding carboxylic acids is 1. The summed E-state index contributed by atoms with van der Waals surface area (Å²) >= 11 is 0. The number of nitriles is 1. The average molecular weight is 578 g/mol. The number of aromatic nitrogens is 3. The number of nitrogens with one attached hydrogen (secondary N) is 1. The Morgan fingerprint density at radius 1 is 1.27 bits per heavy atom. The molecule has 4 rings (SSSR count). The molecular weight excluding hydrogens is 550 g/mol. The fraction of sp³-hybridized carbons (Fsp3) is 0.417. The minimum Gasteiger partial charge on any atom is -0.462 e. The topological polar surface area (TPSA) is 204 Å². The van der Waals surface area contributed by atoms with E-state index in [1.54, 1.807) is 38.1 Å². The van der Waals surface area contributed by atoms with Gasteiger partial charge in [-0.15, -0.1) is 0 Å². The van der Waals surface area contributed by atoms with E-state index in [2.05, 4.69) is 15.2 Å². The van der Waals surface area contributed by atoms with Gasteiger partial charge in [0.05, 0.1) is 11.8 Å². The first-order valence-corrected chi connectivity index (χ1v) is 13.6. The number of aliphatic hydroxyl groups excluding tert-OH is 2. The summed E-state index contributed by atoms with van der Waals surface area (Å²) < 4.78 is 52.3. The van der Waals surface area contributed by atoms with Crippen LogP contribution in [0.1, 0.15) is 26.5 Å². The van der Waals surface area contributed by atoms with Gasteiger partial charge in [-0.05, 0) is 45.0 Å². The second kappa shape index (κ2) is 11.1. The molecule has 0 radical (unpaired) electrons. The number of nitrogens with two attached hydrogens (primary N) is 1. The van der Waals surface area contributed by atoms with Gasteiger partial charge in [0.2, 0.25) is 5.60 Å². The molecule has 0 spiro atoms. The van der Waals surface area contributed by atoms with E-state index in [0.29, 0.717) is 0 Å². The van der Waals surface area contributed by atoms with Crippen LogP contribution in [0.5, 0.6) is 5.75 Å². The van der Waals surface area contributed by atoms with Gasteiger partial charge in [0.1, 0.15) is 48.5 Å². The molecule has 1 aliphatic heterocycles. The fourth-order valence-corrected chi connectivity index (χ4v) is 5.56. The molecule has 3 aromatic rings. The van der Waals surface area contributed by atoms with E-state index >= 15 is 4.39 Å². The van der Waals surface area contributed by atoms with Gasteiger partial charge in [-0.3, -0.25) is 9.32 Å². The third-order valence-corrected chi connectivity index (χ3v) is 7.60. The Morgan fingerprint density at radius 2 is 1.98 bits per heavy atom. The van der Waals surface area contributed by atoms with Crippen molar-refractivity contribution in [3.63, 3.8) is 0 Å². The van der Waals surface area contributed by atoms with Crippen LogP contribution in [-0.4, -0.2) is 67.6 Å². The zero-order valence-corrected chi connectivity index (χ0v) is 22.6. The number of esters is 1. The number of nitrogens with zero attached hydrogens (tertiary/aromatic N) is 4. The second-order valence-electron chi connectivity index (χ2n) is 9.30. The van der Waals surface area contributed by atoms with E-state index in [9.17, 15) is 24.8 Å². The Kier molecular flexibility index (Phi) is 8.13. The van der Waals surface area contributed by atoms with E-state index < -0.39 is 56.1 Å². The minimum atomic E-state index is -4.58. The Balaban J connectivity index is 1.62. The summed E-state index contributed by atoms with van der Waals surface area (Å²) in [4.78, 5) is 16.2. The van der Waals surface area contributed by atoms with Gasteiger partial charge in [0.25, 0.3) is 5.85 Å². The molecule has 5 N–H and O–H groups in total. The standard InChI is InChI=1S/C24H28FN6O8P/c1-14(2)37-22(34)15(3)30-40(35,38-16-7-5-4-6-8-16)36-12-24(25)20(33)19(32)23(11-26,39-24)18-10-9-17-21(27)28-13-29-31(17)18/h4-10,13-15,19-20,32-33H,12H2,1-3H3,(H,30,35)(H2,27,28,29)/t15-,19-,20+,23+,24-,40?/m1/s1. The van der Waals surface area contributed by atoms with Crippen molar-refractivity contribution in [2.24, 2.45) is 0 Å². The number of benzene rings is 1. The minimum absolute atomic E-state index is 0.0346. The lowest BCUT2D eigenvalue weighted by Gasteiger charge is -2.28. The lowest BCUT2D eigenvalue weighted by molar-refractivity contribution is -0.208. The number of anilines is 1. The third-order valence-electron chi connectivity index (χ3n) is 5.97. The third kappa shape index (κ3) is 5.50. The smallest absolute Gasteiger partial charge is 0.459 e. The van der Waals surface area contributed by atoms with Gasteiger partial charge in [-0.1, -0.05) is 18.2 Å². The van der Waals surface area contributed by atoms with Crippen LogP contribution in [0, 0.1) is 11.3 Å². The van der Waals surface area contributed by atoms with Crippen LogP contribution in [-0.2, 0) is 29.0 Å². The number of ether oxygens (including phenoxy) is 2. The lowest BCUT2D eigenvalue weighted by Crippen LogP contribution is -2.44. The number of alkyl halides is 1. The zero-order chi connectivity index (χ0) is 29.3. The molecule has 1 aliphatic rings. The van der Waals surface area contributed by atoms with Crippen molar-refractivity contribution in [3.8, 4) is 11.8 Å². The molecule has 214 valence electrons. The Bertz CT molecular complexity index is 1470.